The van der Waals surface area contributed by atoms with Crippen LogP contribution in [0.3, 0.4) is 0 Å². The smallest absolute Gasteiger partial charge is 0.136 e. The van der Waals surface area contributed by atoms with Crippen LogP contribution in [0.15, 0.2) is 24.4 Å². The van der Waals surface area contributed by atoms with Crippen molar-refractivity contribution in [3.63, 3.8) is 0 Å². The number of nitrogens with zero attached hydrogens (tertiary/aromatic N) is 2. The van der Waals surface area contributed by atoms with Crippen molar-refractivity contribution in [2.24, 2.45) is 0 Å². The molecule has 0 atom stereocenters. The summed E-state index contributed by atoms with van der Waals surface area (Å²) in [5.41, 5.74) is 8.03. The molecule has 1 aromatic carbocycles. The zero-order valence-electron chi connectivity index (χ0n) is 10.7. The van der Waals surface area contributed by atoms with Gasteiger partial charge < -0.3 is 10.6 Å². The Morgan fingerprint density at radius 1 is 1.24 bits per heavy atom. The van der Waals surface area contributed by atoms with E-state index in [0.29, 0.717) is 0 Å². The van der Waals surface area contributed by atoms with Crippen LogP contribution in [0.5, 0.6) is 0 Å². The summed E-state index contributed by atoms with van der Waals surface area (Å²) in [5.74, 6) is 1.03. The Morgan fingerprint density at radius 2 is 1.94 bits per heavy atom. The van der Waals surface area contributed by atoms with Crippen molar-refractivity contribution in [1.29, 1.82) is 0 Å². The normalized spacial score (nSPS) is 10.8. The van der Waals surface area contributed by atoms with Gasteiger partial charge in [0.25, 0.3) is 0 Å². The molecule has 0 aliphatic carbocycles. The zero-order valence-corrected chi connectivity index (χ0v) is 10.7. The van der Waals surface area contributed by atoms with Gasteiger partial charge in [-0.3, -0.25) is 0 Å². The second-order valence-corrected chi connectivity index (χ2v) is 4.21. The Labute approximate surface area is 102 Å². The molecule has 0 amide bonds. The molecule has 0 saturated heterocycles. The average Bonchev–Trinajstić information content (AvgIpc) is 2.33. The van der Waals surface area contributed by atoms with E-state index in [1.165, 1.54) is 0 Å². The average molecular weight is 229 g/mol. The van der Waals surface area contributed by atoms with Crippen molar-refractivity contribution >= 4 is 22.3 Å². The van der Waals surface area contributed by atoms with Crippen molar-refractivity contribution in [3.05, 3.63) is 30.0 Å². The number of aryl methyl sites for hydroxylation is 1. The number of nitrogens with two attached hydrogens (primary N) is 1. The fraction of sp³-hybridized carbons (Fsp3) is 0.357. The Morgan fingerprint density at radius 3 is 2.59 bits per heavy atom. The van der Waals surface area contributed by atoms with E-state index < -0.39 is 0 Å². The van der Waals surface area contributed by atoms with Gasteiger partial charge in [0.1, 0.15) is 5.82 Å². The van der Waals surface area contributed by atoms with E-state index in [0.717, 1.165) is 40.9 Å². The highest BCUT2D eigenvalue weighted by Gasteiger charge is 2.11. The van der Waals surface area contributed by atoms with Crippen molar-refractivity contribution in [2.45, 2.75) is 20.8 Å². The van der Waals surface area contributed by atoms with Gasteiger partial charge in [0.2, 0.25) is 0 Å². The van der Waals surface area contributed by atoms with Crippen LogP contribution in [0.1, 0.15) is 19.4 Å². The first-order chi connectivity index (χ1) is 8.19. The molecule has 0 saturated carbocycles. The number of nitrogen functional groups attached to an aromatic ring is 1. The number of hydrogen-bond acceptors (Lipinski definition) is 3. The van der Waals surface area contributed by atoms with Gasteiger partial charge in [0.15, 0.2) is 0 Å². The second kappa shape index (κ2) is 4.62. The first kappa shape index (κ1) is 11.7. The molecular formula is C14H19N3. The summed E-state index contributed by atoms with van der Waals surface area (Å²) in [6, 6.07) is 6.03. The third-order valence-corrected chi connectivity index (χ3v) is 3.18. The first-order valence-electron chi connectivity index (χ1n) is 6.07. The molecule has 0 spiro atoms. The van der Waals surface area contributed by atoms with Gasteiger partial charge in [-0.2, -0.15) is 0 Å². The summed E-state index contributed by atoms with van der Waals surface area (Å²) in [5, 5.41) is 2.28. The molecule has 0 unspecified atom stereocenters. The van der Waals surface area contributed by atoms with Gasteiger partial charge >= 0.3 is 0 Å². The fourth-order valence-electron chi connectivity index (χ4n) is 2.26. The molecule has 0 aliphatic rings. The van der Waals surface area contributed by atoms with Crippen LogP contribution < -0.4 is 10.6 Å². The quantitative estimate of drug-likeness (QED) is 0.823. The highest BCUT2D eigenvalue weighted by Crippen LogP contribution is 2.30. The number of anilines is 2. The van der Waals surface area contributed by atoms with Crippen LogP contribution in [-0.4, -0.2) is 18.1 Å². The van der Waals surface area contributed by atoms with Crippen LogP contribution >= 0.6 is 0 Å². The highest BCUT2D eigenvalue weighted by molar-refractivity contribution is 6.01. The summed E-state index contributed by atoms with van der Waals surface area (Å²) < 4.78 is 0. The largest absolute Gasteiger partial charge is 0.398 e. The van der Waals surface area contributed by atoms with Crippen molar-refractivity contribution in [1.82, 2.24) is 4.98 Å². The predicted octanol–water partition coefficient (Wildman–Crippen LogP) is 2.97. The van der Waals surface area contributed by atoms with E-state index in [1.54, 1.807) is 0 Å². The van der Waals surface area contributed by atoms with Gasteiger partial charge in [0.05, 0.1) is 0 Å². The molecule has 2 rings (SSSR count). The minimum absolute atomic E-state index is 0.829. The predicted molar refractivity (Wildman–Crippen MR) is 74.5 cm³/mol. The summed E-state index contributed by atoms with van der Waals surface area (Å²) in [6.07, 6.45) is 1.91. The molecule has 2 N–H and O–H groups in total. The second-order valence-electron chi connectivity index (χ2n) is 4.21. The van der Waals surface area contributed by atoms with E-state index in [9.17, 15) is 0 Å². The molecule has 0 bridgehead atoms. The SMILES string of the molecule is CCN(CC)c1ncc(C)c2c(N)cccc12. The molecule has 1 aromatic heterocycles. The van der Waals surface area contributed by atoms with E-state index in [-0.39, 0.29) is 0 Å². The van der Waals surface area contributed by atoms with Crippen LogP contribution in [0.2, 0.25) is 0 Å². The number of hydrogen-bond donors (Lipinski definition) is 1. The van der Waals surface area contributed by atoms with Crippen molar-refractivity contribution < 1.29 is 0 Å². The first-order valence-corrected chi connectivity index (χ1v) is 6.07. The van der Waals surface area contributed by atoms with E-state index in [2.05, 4.69) is 36.7 Å². The minimum Gasteiger partial charge on any atom is -0.398 e. The van der Waals surface area contributed by atoms with E-state index in [1.807, 2.05) is 18.3 Å². The lowest BCUT2D eigenvalue weighted by Crippen LogP contribution is -2.23. The Kier molecular flexibility index (Phi) is 3.18. The monoisotopic (exact) mass is 229 g/mol. The summed E-state index contributed by atoms with van der Waals surface area (Å²) in [7, 11) is 0. The zero-order chi connectivity index (χ0) is 12.4. The highest BCUT2D eigenvalue weighted by atomic mass is 15.2. The fourth-order valence-corrected chi connectivity index (χ4v) is 2.26. The summed E-state index contributed by atoms with van der Waals surface area (Å²) in [4.78, 5) is 6.81. The van der Waals surface area contributed by atoms with Gasteiger partial charge in [-0.1, -0.05) is 12.1 Å². The van der Waals surface area contributed by atoms with E-state index >= 15 is 0 Å². The molecule has 90 valence electrons. The van der Waals surface area contributed by atoms with Crippen LogP contribution in [0, 0.1) is 6.92 Å². The van der Waals surface area contributed by atoms with Gasteiger partial charge in [0, 0.05) is 35.7 Å². The lowest BCUT2D eigenvalue weighted by atomic mass is 10.1. The van der Waals surface area contributed by atoms with Gasteiger partial charge in [-0.05, 0) is 32.4 Å². The van der Waals surface area contributed by atoms with Gasteiger partial charge in [-0.15, -0.1) is 0 Å². The Bertz CT molecular complexity index is 522. The minimum atomic E-state index is 0.829. The lowest BCUT2D eigenvalue weighted by Gasteiger charge is -2.22. The van der Waals surface area contributed by atoms with Crippen molar-refractivity contribution in [2.75, 3.05) is 23.7 Å². The standard InChI is InChI=1S/C14H19N3/c1-4-17(5-2)14-11-7-6-8-12(15)13(11)10(3)9-16-14/h6-9H,4-5,15H2,1-3H3. The van der Waals surface area contributed by atoms with E-state index in [4.69, 9.17) is 5.73 Å². The molecule has 17 heavy (non-hydrogen) atoms. The molecule has 2 aromatic rings. The molecule has 3 nitrogen and oxygen atoms in total. The Balaban J connectivity index is 2.74. The molecule has 1 heterocycles. The molecular weight excluding hydrogens is 210 g/mol. The molecule has 3 heteroatoms. The van der Waals surface area contributed by atoms with Crippen LogP contribution in [-0.2, 0) is 0 Å². The number of pyridine rings is 1. The number of benzene rings is 1. The third-order valence-electron chi connectivity index (χ3n) is 3.18. The number of aromatic nitrogens is 1. The Hall–Kier alpha value is -1.77. The van der Waals surface area contributed by atoms with Crippen LogP contribution in [0.25, 0.3) is 10.8 Å². The maximum absolute atomic E-state index is 6.06. The summed E-state index contributed by atoms with van der Waals surface area (Å²) in [6.45, 7) is 8.25. The molecule has 0 aliphatic heterocycles. The molecule has 0 fully saturated rings. The third kappa shape index (κ3) is 1.93. The van der Waals surface area contributed by atoms with Crippen molar-refractivity contribution in [3.8, 4) is 0 Å². The van der Waals surface area contributed by atoms with Crippen LogP contribution in [0.4, 0.5) is 11.5 Å². The van der Waals surface area contributed by atoms with Gasteiger partial charge in [-0.25, -0.2) is 4.98 Å². The maximum Gasteiger partial charge on any atom is 0.136 e. The maximum atomic E-state index is 6.06. The number of rotatable bonds is 3. The summed E-state index contributed by atoms with van der Waals surface area (Å²) >= 11 is 0. The molecule has 0 radical (unpaired) electrons. The topological polar surface area (TPSA) is 42.2 Å². The number of fused-ring (bicyclic) bond motifs is 1. The lowest BCUT2D eigenvalue weighted by molar-refractivity contribution is 0.851.